The molecule has 0 bridgehead atoms. The first-order valence-electron chi connectivity index (χ1n) is 11.5. The van der Waals surface area contributed by atoms with Crippen molar-refractivity contribution in [3.05, 3.63) is 58.1 Å². The van der Waals surface area contributed by atoms with Gasteiger partial charge in [-0.1, -0.05) is 28.1 Å². The van der Waals surface area contributed by atoms with Crippen LogP contribution >= 0.6 is 15.9 Å². The lowest BCUT2D eigenvalue weighted by Gasteiger charge is -2.33. The van der Waals surface area contributed by atoms with Crippen LogP contribution in [0.3, 0.4) is 0 Å². The number of halogens is 1. The summed E-state index contributed by atoms with van der Waals surface area (Å²) in [5.74, 6) is 2.03. The Morgan fingerprint density at radius 2 is 1.79 bits per heavy atom. The summed E-state index contributed by atoms with van der Waals surface area (Å²) in [6, 6.07) is 14.2. The van der Waals surface area contributed by atoms with Gasteiger partial charge >= 0.3 is 0 Å². The van der Waals surface area contributed by atoms with Gasteiger partial charge in [-0.15, -0.1) is 0 Å². The van der Waals surface area contributed by atoms with Crippen LogP contribution in [0.5, 0.6) is 17.4 Å². The summed E-state index contributed by atoms with van der Waals surface area (Å²) >= 11 is 3.59. The number of likely N-dealkylation sites (tertiary alicyclic amines) is 1. The van der Waals surface area contributed by atoms with Crippen molar-refractivity contribution in [3.8, 4) is 17.4 Å². The topological polar surface area (TPSA) is 76.1 Å². The molecule has 1 aromatic heterocycles. The first kappa shape index (κ1) is 24.7. The third kappa shape index (κ3) is 5.63. The van der Waals surface area contributed by atoms with E-state index in [9.17, 15) is 5.11 Å². The average Bonchev–Trinajstić information content (AvgIpc) is 2.87. The highest BCUT2D eigenvalue weighted by atomic mass is 79.9. The molecule has 1 atom stereocenters. The second-order valence-electron chi connectivity index (χ2n) is 8.55. The van der Waals surface area contributed by atoms with Crippen LogP contribution in [0.1, 0.15) is 30.1 Å². The summed E-state index contributed by atoms with van der Waals surface area (Å²) in [6.45, 7) is 3.24. The maximum absolute atomic E-state index is 11.1. The molecule has 0 spiro atoms. The number of hydrogen-bond donors (Lipinski definition) is 2. The SMILES string of the molecule is COc1ccc2c(Br)ccc(C(O)CN3CCC(NCc4ccc(OC)c(OC)c4)CC3)c2n1. The van der Waals surface area contributed by atoms with Crippen LogP contribution in [0.15, 0.2) is 46.9 Å². The van der Waals surface area contributed by atoms with Gasteiger partial charge in [-0.3, -0.25) is 0 Å². The van der Waals surface area contributed by atoms with Gasteiger partial charge in [0.25, 0.3) is 0 Å². The predicted octanol–water partition coefficient (Wildman–Crippen LogP) is 4.31. The minimum Gasteiger partial charge on any atom is -0.493 e. The zero-order valence-electron chi connectivity index (χ0n) is 19.9. The summed E-state index contributed by atoms with van der Waals surface area (Å²) in [5.41, 5.74) is 2.76. The van der Waals surface area contributed by atoms with Crippen LogP contribution in [-0.4, -0.2) is 62.0 Å². The molecule has 1 saturated heterocycles. The van der Waals surface area contributed by atoms with Crippen LogP contribution in [0.4, 0.5) is 0 Å². The van der Waals surface area contributed by atoms with Crippen molar-refractivity contribution < 1.29 is 19.3 Å². The van der Waals surface area contributed by atoms with Crippen LogP contribution in [0.25, 0.3) is 10.9 Å². The Hall–Kier alpha value is -2.39. The van der Waals surface area contributed by atoms with E-state index in [1.165, 1.54) is 5.56 Å². The number of methoxy groups -OCH3 is 3. The highest BCUT2D eigenvalue weighted by Crippen LogP contribution is 2.31. The zero-order chi connectivity index (χ0) is 24.1. The molecular formula is C26H32BrN3O4. The first-order valence-corrected chi connectivity index (χ1v) is 12.3. The van der Waals surface area contributed by atoms with Crippen molar-refractivity contribution in [1.82, 2.24) is 15.2 Å². The van der Waals surface area contributed by atoms with E-state index in [1.54, 1.807) is 21.3 Å². The first-order chi connectivity index (χ1) is 16.5. The van der Waals surface area contributed by atoms with Crippen LogP contribution in [0, 0.1) is 0 Å². The predicted molar refractivity (Wildman–Crippen MR) is 137 cm³/mol. The van der Waals surface area contributed by atoms with Gasteiger partial charge in [-0.25, -0.2) is 4.98 Å². The smallest absolute Gasteiger partial charge is 0.213 e. The maximum atomic E-state index is 11.1. The zero-order valence-corrected chi connectivity index (χ0v) is 21.5. The van der Waals surface area contributed by atoms with Gasteiger partial charge in [0.2, 0.25) is 5.88 Å². The molecule has 0 amide bonds. The molecule has 4 rings (SSSR count). The normalized spacial score (nSPS) is 15.9. The van der Waals surface area contributed by atoms with Gasteiger partial charge in [-0.2, -0.15) is 0 Å². The van der Waals surface area contributed by atoms with Gasteiger partial charge in [0.1, 0.15) is 0 Å². The number of pyridine rings is 1. The van der Waals surface area contributed by atoms with E-state index >= 15 is 0 Å². The number of fused-ring (bicyclic) bond motifs is 1. The van der Waals surface area contributed by atoms with Gasteiger partial charge < -0.3 is 29.5 Å². The van der Waals surface area contributed by atoms with Crippen molar-refractivity contribution in [2.45, 2.75) is 31.5 Å². The lowest BCUT2D eigenvalue weighted by atomic mass is 10.0. The Morgan fingerprint density at radius 1 is 1.03 bits per heavy atom. The summed E-state index contributed by atoms with van der Waals surface area (Å²) < 4.78 is 17.0. The molecular weight excluding hydrogens is 498 g/mol. The number of nitrogens with zero attached hydrogens (tertiary/aromatic N) is 2. The molecule has 0 aliphatic carbocycles. The van der Waals surface area contributed by atoms with Gasteiger partial charge in [-0.05, 0) is 55.8 Å². The van der Waals surface area contributed by atoms with E-state index < -0.39 is 6.10 Å². The van der Waals surface area contributed by atoms with Crippen LogP contribution in [-0.2, 0) is 6.54 Å². The minimum atomic E-state index is -0.619. The third-order valence-electron chi connectivity index (χ3n) is 6.44. The van der Waals surface area contributed by atoms with Crippen molar-refractivity contribution in [1.29, 1.82) is 0 Å². The monoisotopic (exact) mass is 529 g/mol. The second-order valence-corrected chi connectivity index (χ2v) is 9.40. The minimum absolute atomic E-state index is 0.445. The molecule has 0 radical (unpaired) electrons. The van der Waals surface area contributed by atoms with Crippen molar-refractivity contribution in [2.24, 2.45) is 0 Å². The van der Waals surface area contributed by atoms with Gasteiger partial charge in [0, 0.05) is 40.6 Å². The maximum Gasteiger partial charge on any atom is 0.213 e. The molecule has 1 fully saturated rings. The van der Waals surface area contributed by atoms with Gasteiger partial charge in [0.05, 0.1) is 33.0 Å². The summed E-state index contributed by atoms with van der Waals surface area (Å²) in [7, 11) is 4.90. The fourth-order valence-corrected chi connectivity index (χ4v) is 4.94. The largest absolute Gasteiger partial charge is 0.493 e. The Balaban J connectivity index is 1.32. The molecule has 7 nitrogen and oxygen atoms in total. The number of hydrogen-bond acceptors (Lipinski definition) is 7. The van der Waals surface area contributed by atoms with Crippen molar-refractivity contribution in [2.75, 3.05) is 41.0 Å². The van der Waals surface area contributed by atoms with E-state index in [0.29, 0.717) is 18.5 Å². The number of piperidine rings is 1. The summed E-state index contributed by atoms with van der Waals surface area (Å²) in [4.78, 5) is 6.93. The lowest BCUT2D eigenvalue weighted by Crippen LogP contribution is -2.43. The number of rotatable bonds is 9. The number of benzene rings is 2. The number of nitrogens with one attached hydrogen (secondary N) is 1. The molecule has 1 unspecified atom stereocenters. The number of β-amino-alcohol motifs (C(OH)–C–C–N with tert-alkyl or cyclic N) is 1. The molecule has 2 N–H and O–H groups in total. The Morgan fingerprint density at radius 3 is 2.50 bits per heavy atom. The molecule has 8 heteroatoms. The number of ether oxygens (including phenoxy) is 3. The highest BCUT2D eigenvalue weighted by Gasteiger charge is 2.23. The van der Waals surface area contributed by atoms with Crippen LogP contribution in [0.2, 0.25) is 0 Å². The Bertz CT molecular complexity index is 1120. The molecule has 182 valence electrons. The molecule has 2 aromatic carbocycles. The fourth-order valence-electron chi connectivity index (χ4n) is 4.48. The quantitative estimate of drug-likeness (QED) is 0.427. The second kappa shape index (κ2) is 11.4. The Kier molecular flexibility index (Phi) is 8.26. The van der Waals surface area contributed by atoms with E-state index in [2.05, 4.69) is 37.2 Å². The number of aliphatic hydroxyl groups is 1. The van der Waals surface area contributed by atoms with E-state index in [-0.39, 0.29) is 0 Å². The highest BCUT2D eigenvalue weighted by molar-refractivity contribution is 9.10. The molecule has 0 saturated carbocycles. The van der Waals surface area contributed by atoms with E-state index in [4.69, 9.17) is 14.2 Å². The van der Waals surface area contributed by atoms with Crippen molar-refractivity contribution >= 4 is 26.8 Å². The molecule has 2 heterocycles. The lowest BCUT2D eigenvalue weighted by molar-refractivity contribution is 0.0948. The fraction of sp³-hybridized carbons (Fsp3) is 0.423. The number of aromatic nitrogens is 1. The summed E-state index contributed by atoms with van der Waals surface area (Å²) in [6.07, 6.45) is 1.45. The molecule has 1 aliphatic rings. The van der Waals surface area contributed by atoms with Gasteiger partial charge in [0.15, 0.2) is 11.5 Å². The van der Waals surface area contributed by atoms with Crippen LogP contribution < -0.4 is 19.5 Å². The third-order valence-corrected chi connectivity index (χ3v) is 7.13. The van der Waals surface area contributed by atoms with E-state index in [1.807, 2.05) is 36.4 Å². The molecule has 34 heavy (non-hydrogen) atoms. The molecule has 3 aromatic rings. The summed E-state index contributed by atoms with van der Waals surface area (Å²) in [5, 5.41) is 15.7. The number of aliphatic hydroxyl groups excluding tert-OH is 1. The standard InChI is InChI=1S/C26H32BrN3O4/c1-32-23-8-4-17(14-24(23)33-2)15-28-18-10-12-30(13-11-18)16-22(31)20-5-7-21(27)19-6-9-25(34-3)29-26(19)20/h4-9,14,18,22,28,31H,10-13,15-16H2,1-3H3. The molecule has 1 aliphatic heterocycles. The Labute approximate surface area is 209 Å². The average molecular weight is 530 g/mol. The van der Waals surface area contributed by atoms with E-state index in [0.717, 1.165) is 64.9 Å². The van der Waals surface area contributed by atoms with Crippen molar-refractivity contribution in [3.63, 3.8) is 0 Å².